The molecule has 1 atom stereocenters. The molecule has 2 rings (SSSR count). The maximum atomic E-state index is 12.0. The first-order valence-electron chi connectivity index (χ1n) is 7.38. The number of aliphatic carboxylic acids is 1. The Morgan fingerprint density at radius 3 is 2.43 bits per heavy atom. The average Bonchev–Trinajstić information content (AvgIpc) is 2.95. The molecular weight excluding hydrogens is 268 g/mol. The van der Waals surface area contributed by atoms with E-state index in [-0.39, 0.29) is 5.92 Å². The van der Waals surface area contributed by atoms with Crippen LogP contribution in [0.5, 0.6) is 0 Å². The van der Waals surface area contributed by atoms with Crippen molar-refractivity contribution in [3.8, 4) is 0 Å². The van der Waals surface area contributed by atoms with Crippen LogP contribution in [0.1, 0.15) is 44.1 Å². The summed E-state index contributed by atoms with van der Waals surface area (Å²) in [4.78, 5) is 23.3. The highest BCUT2D eigenvalue weighted by Gasteiger charge is 2.42. The number of hydrogen-bond acceptors (Lipinski definition) is 2. The number of rotatable bonds is 5. The molecule has 0 aliphatic heterocycles. The van der Waals surface area contributed by atoms with Crippen molar-refractivity contribution in [1.29, 1.82) is 0 Å². The molecule has 1 fully saturated rings. The summed E-state index contributed by atoms with van der Waals surface area (Å²) in [6.07, 6.45) is 2.69. The Hall–Kier alpha value is -2.04. The molecule has 1 aliphatic rings. The molecule has 1 unspecified atom stereocenters. The lowest BCUT2D eigenvalue weighted by Crippen LogP contribution is -2.55. The SMILES string of the molecule is CC(CNC(=O)NC1(C(=O)O)CCCC1)c1ccccc1. The number of carbonyl (C=O) groups is 2. The van der Waals surface area contributed by atoms with Gasteiger partial charge in [-0.15, -0.1) is 0 Å². The van der Waals surface area contributed by atoms with Crippen LogP contribution >= 0.6 is 0 Å². The number of urea groups is 1. The van der Waals surface area contributed by atoms with Gasteiger partial charge in [0.05, 0.1) is 0 Å². The van der Waals surface area contributed by atoms with Gasteiger partial charge in [-0.3, -0.25) is 0 Å². The van der Waals surface area contributed by atoms with Crippen molar-refractivity contribution in [1.82, 2.24) is 10.6 Å². The van der Waals surface area contributed by atoms with Crippen molar-refractivity contribution in [2.45, 2.75) is 44.1 Å². The Kier molecular flexibility index (Phi) is 4.83. The van der Waals surface area contributed by atoms with Crippen LogP contribution in [0, 0.1) is 0 Å². The third-order valence-corrected chi connectivity index (χ3v) is 4.16. The quantitative estimate of drug-likeness (QED) is 0.779. The highest BCUT2D eigenvalue weighted by molar-refractivity contribution is 5.86. The summed E-state index contributed by atoms with van der Waals surface area (Å²) >= 11 is 0. The van der Waals surface area contributed by atoms with Gasteiger partial charge in [0.2, 0.25) is 0 Å². The second kappa shape index (κ2) is 6.61. The van der Waals surface area contributed by atoms with Crippen molar-refractivity contribution in [3.63, 3.8) is 0 Å². The van der Waals surface area contributed by atoms with Crippen LogP contribution in [0.4, 0.5) is 4.79 Å². The molecule has 2 amide bonds. The standard InChI is InChI=1S/C16H22N2O3/c1-12(13-7-3-2-4-8-13)11-17-15(21)18-16(14(19)20)9-5-6-10-16/h2-4,7-8,12H,5-6,9-11H2,1H3,(H,19,20)(H2,17,18,21). The summed E-state index contributed by atoms with van der Waals surface area (Å²) in [5, 5.41) is 14.7. The molecule has 0 bridgehead atoms. The Labute approximate surface area is 124 Å². The van der Waals surface area contributed by atoms with Crippen LogP contribution < -0.4 is 10.6 Å². The predicted octanol–water partition coefficient (Wildman–Crippen LogP) is 2.49. The summed E-state index contributed by atoms with van der Waals surface area (Å²) in [5.41, 5.74) is 0.0617. The molecule has 5 nitrogen and oxygen atoms in total. The first kappa shape index (κ1) is 15.4. The number of amides is 2. The molecule has 0 heterocycles. The maximum absolute atomic E-state index is 12.0. The Morgan fingerprint density at radius 2 is 1.86 bits per heavy atom. The molecule has 0 spiro atoms. The van der Waals surface area contributed by atoms with Gasteiger partial charge in [0, 0.05) is 6.54 Å². The van der Waals surface area contributed by atoms with E-state index in [1.165, 1.54) is 0 Å². The van der Waals surface area contributed by atoms with Crippen molar-refractivity contribution in [2.75, 3.05) is 6.54 Å². The van der Waals surface area contributed by atoms with Gasteiger partial charge in [-0.2, -0.15) is 0 Å². The van der Waals surface area contributed by atoms with Crippen molar-refractivity contribution >= 4 is 12.0 Å². The monoisotopic (exact) mass is 290 g/mol. The van der Waals surface area contributed by atoms with Gasteiger partial charge in [-0.05, 0) is 24.3 Å². The summed E-state index contributed by atoms with van der Waals surface area (Å²) in [6.45, 7) is 2.50. The van der Waals surface area contributed by atoms with Crippen molar-refractivity contribution in [2.24, 2.45) is 0 Å². The molecule has 1 aliphatic carbocycles. The lowest BCUT2D eigenvalue weighted by molar-refractivity contribution is -0.144. The zero-order valence-corrected chi connectivity index (χ0v) is 12.3. The molecule has 0 saturated heterocycles. The number of benzene rings is 1. The number of carboxylic acid groups (broad SMARTS) is 1. The van der Waals surface area contributed by atoms with E-state index in [2.05, 4.69) is 10.6 Å². The fourth-order valence-electron chi connectivity index (χ4n) is 2.78. The van der Waals surface area contributed by atoms with E-state index in [4.69, 9.17) is 0 Å². The van der Waals surface area contributed by atoms with Crippen LogP contribution in [-0.4, -0.2) is 29.2 Å². The second-order valence-corrected chi connectivity index (χ2v) is 5.74. The predicted molar refractivity (Wildman–Crippen MR) is 80.2 cm³/mol. The highest BCUT2D eigenvalue weighted by atomic mass is 16.4. The molecule has 0 radical (unpaired) electrons. The molecule has 114 valence electrons. The van der Waals surface area contributed by atoms with E-state index in [1.54, 1.807) is 0 Å². The first-order chi connectivity index (χ1) is 10.0. The van der Waals surface area contributed by atoms with Crippen molar-refractivity contribution < 1.29 is 14.7 Å². The number of carboxylic acids is 1. The van der Waals surface area contributed by atoms with E-state index >= 15 is 0 Å². The van der Waals surface area contributed by atoms with Crippen LogP contribution in [0.25, 0.3) is 0 Å². The summed E-state index contributed by atoms with van der Waals surface area (Å²) < 4.78 is 0. The maximum Gasteiger partial charge on any atom is 0.329 e. The van der Waals surface area contributed by atoms with E-state index in [0.29, 0.717) is 19.4 Å². The molecule has 1 aromatic rings. The summed E-state index contributed by atoms with van der Waals surface area (Å²) in [7, 11) is 0. The number of carbonyl (C=O) groups excluding carboxylic acids is 1. The molecule has 0 aromatic heterocycles. The topological polar surface area (TPSA) is 78.4 Å². The zero-order valence-electron chi connectivity index (χ0n) is 12.3. The van der Waals surface area contributed by atoms with E-state index in [9.17, 15) is 14.7 Å². The fraction of sp³-hybridized carbons (Fsp3) is 0.500. The zero-order chi connectivity index (χ0) is 15.3. The van der Waals surface area contributed by atoms with Crippen LogP contribution in [-0.2, 0) is 4.79 Å². The molecular formula is C16H22N2O3. The Bertz CT molecular complexity index is 496. The first-order valence-corrected chi connectivity index (χ1v) is 7.38. The highest BCUT2D eigenvalue weighted by Crippen LogP contribution is 2.29. The minimum atomic E-state index is -1.08. The van der Waals surface area contributed by atoms with Gasteiger partial charge in [0.15, 0.2) is 0 Å². The third kappa shape index (κ3) is 3.74. The Morgan fingerprint density at radius 1 is 1.24 bits per heavy atom. The second-order valence-electron chi connectivity index (χ2n) is 5.74. The smallest absolute Gasteiger partial charge is 0.329 e. The molecule has 3 N–H and O–H groups in total. The minimum absolute atomic E-state index is 0.182. The third-order valence-electron chi connectivity index (χ3n) is 4.16. The average molecular weight is 290 g/mol. The van der Waals surface area contributed by atoms with E-state index < -0.39 is 17.5 Å². The fourth-order valence-corrected chi connectivity index (χ4v) is 2.78. The molecule has 1 aromatic carbocycles. The van der Waals surface area contributed by atoms with Crippen LogP contribution in [0.2, 0.25) is 0 Å². The van der Waals surface area contributed by atoms with Gasteiger partial charge in [0.25, 0.3) is 0 Å². The lowest BCUT2D eigenvalue weighted by atomic mass is 9.98. The van der Waals surface area contributed by atoms with E-state index in [1.807, 2.05) is 37.3 Å². The normalized spacial score (nSPS) is 18.0. The van der Waals surface area contributed by atoms with E-state index in [0.717, 1.165) is 18.4 Å². The molecule has 21 heavy (non-hydrogen) atoms. The molecule has 1 saturated carbocycles. The van der Waals surface area contributed by atoms with Crippen LogP contribution in [0.3, 0.4) is 0 Å². The largest absolute Gasteiger partial charge is 0.480 e. The Balaban J connectivity index is 1.86. The summed E-state index contributed by atoms with van der Waals surface area (Å²) in [6, 6.07) is 9.50. The molecule has 5 heteroatoms. The van der Waals surface area contributed by atoms with Gasteiger partial charge in [-0.25, -0.2) is 9.59 Å². The lowest BCUT2D eigenvalue weighted by Gasteiger charge is -2.25. The minimum Gasteiger partial charge on any atom is -0.480 e. The van der Waals surface area contributed by atoms with Gasteiger partial charge in [-0.1, -0.05) is 50.1 Å². The van der Waals surface area contributed by atoms with Crippen molar-refractivity contribution in [3.05, 3.63) is 35.9 Å². The van der Waals surface area contributed by atoms with Crippen LogP contribution in [0.15, 0.2) is 30.3 Å². The van der Waals surface area contributed by atoms with Gasteiger partial charge < -0.3 is 15.7 Å². The summed E-state index contributed by atoms with van der Waals surface area (Å²) in [5.74, 6) is -0.757. The number of nitrogens with one attached hydrogen (secondary N) is 2. The number of hydrogen-bond donors (Lipinski definition) is 3. The van der Waals surface area contributed by atoms with Gasteiger partial charge >= 0.3 is 12.0 Å². The van der Waals surface area contributed by atoms with Gasteiger partial charge in [0.1, 0.15) is 5.54 Å².